The maximum Gasteiger partial charge on any atom is 0.167 e. The average Bonchev–Trinajstić information content (AvgIpc) is 3.86. The van der Waals surface area contributed by atoms with Crippen LogP contribution in [-0.4, -0.2) is 19.9 Å². The molecule has 8 aromatic carbocycles. The van der Waals surface area contributed by atoms with Gasteiger partial charge in [-0.2, -0.15) is 0 Å². The molecule has 0 unspecified atom stereocenters. The molecule has 5 nitrogen and oxygen atoms in total. The predicted molar refractivity (Wildman–Crippen MR) is 230 cm³/mol. The van der Waals surface area contributed by atoms with E-state index in [0.29, 0.717) is 17.5 Å². The van der Waals surface area contributed by atoms with Gasteiger partial charge in [-0.1, -0.05) is 158 Å². The summed E-state index contributed by atoms with van der Waals surface area (Å²) in [7, 11) is 0. The average molecular weight is 735 g/mol. The molecule has 0 spiro atoms. The monoisotopic (exact) mass is 734 g/mol. The minimum absolute atomic E-state index is 0.548. The number of furan rings is 1. The lowest BCUT2D eigenvalue weighted by Gasteiger charge is -2.14. The summed E-state index contributed by atoms with van der Waals surface area (Å²) >= 11 is 1.69. The highest BCUT2D eigenvalue weighted by molar-refractivity contribution is 7.21. The third-order valence-electron chi connectivity index (χ3n) is 10.4. The number of para-hydroxylation sites is 1. The Kier molecular flexibility index (Phi) is 7.60. The largest absolute Gasteiger partial charge is 0.455 e. The van der Waals surface area contributed by atoms with Crippen molar-refractivity contribution in [3.05, 3.63) is 182 Å². The molecule has 0 aliphatic carbocycles. The summed E-state index contributed by atoms with van der Waals surface area (Å²) in [5.41, 5.74) is 10.7. The van der Waals surface area contributed by atoms with Crippen molar-refractivity contribution in [1.29, 1.82) is 0 Å². The van der Waals surface area contributed by atoms with E-state index in [1.165, 1.54) is 11.1 Å². The quantitative estimate of drug-likeness (QED) is 0.170. The van der Waals surface area contributed by atoms with Crippen LogP contribution in [0.5, 0.6) is 0 Å². The molecule has 3 heterocycles. The van der Waals surface area contributed by atoms with Crippen LogP contribution in [0.25, 0.3) is 110 Å². The van der Waals surface area contributed by atoms with Gasteiger partial charge in [-0.15, -0.1) is 11.3 Å². The Balaban J connectivity index is 1.06. The third kappa shape index (κ3) is 5.54. The van der Waals surface area contributed by atoms with Gasteiger partial charge in [-0.05, 0) is 45.7 Å². The van der Waals surface area contributed by atoms with E-state index in [1.807, 2.05) is 48.5 Å². The summed E-state index contributed by atoms with van der Waals surface area (Å²) < 4.78 is 7.83. The highest BCUT2D eigenvalue weighted by atomic mass is 32.1. The van der Waals surface area contributed by atoms with Crippen LogP contribution in [-0.2, 0) is 0 Å². The minimum atomic E-state index is 0.548. The molecule has 0 aliphatic heterocycles. The van der Waals surface area contributed by atoms with Crippen molar-refractivity contribution in [2.24, 2.45) is 0 Å². The Morgan fingerprint density at radius 1 is 0.393 bits per heavy atom. The van der Waals surface area contributed by atoms with Crippen LogP contribution in [0.4, 0.5) is 0 Å². The van der Waals surface area contributed by atoms with Crippen molar-refractivity contribution < 1.29 is 4.42 Å². The standard InChI is InChI=1S/C50H30N4OS/c1-4-13-31(14-5-1)32-23-25-36(26-24-32)50-51-42-30-43-41(29-44(42)56-50)38-21-12-22-40(46(38)55-43)49-53-47(35-18-8-3-9-19-35)52-48(54-49)39-28-27-33-15-10-11-20-37(33)45(39)34-16-6-2-7-17-34/h1-30H. The number of aromatic nitrogens is 4. The number of hydrogen-bond acceptors (Lipinski definition) is 6. The molecule has 0 radical (unpaired) electrons. The van der Waals surface area contributed by atoms with Crippen LogP contribution in [0.1, 0.15) is 0 Å². The van der Waals surface area contributed by atoms with Gasteiger partial charge in [0, 0.05) is 39.1 Å². The summed E-state index contributed by atoms with van der Waals surface area (Å²) in [4.78, 5) is 20.5. The fourth-order valence-corrected chi connectivity index (χ4v) is 8.65. The zero-order valence-electron chi connectivity index (χ0n) is 29.9. The van der Waals surface area contributed by atoms with Gasteiger partial charge in [-0.25, -0.2) is 19.9 Å². The fourth-order valence-electron chi connectivity index (χ4n) is 7.66. The van der Waals surface area contributed by atoms with Gasteiger partial charge >= 0.3 is 0 Å². The molecule has 0 bridgehead atoms. The number of rotatable bonds is 6. The highest BCUT2D eigenvalue weighted by Gasteiger charge is 2.21. The first-order valence-corrected chi connectivity index (χ1v) is 19.4. The first-order chi connectivity index (χ1) is 27.7. The number of hydrogen-bond donors (Lipinski definition) is 0. The molecule has 11 aromatic rings. The molecule has 0 atom stereocenters. The lowest BCUT2D eigenvalue weighted by Crippen LogP contribution is -2.01. The Bertz CT molecular complexity index is 3230. The van der Waals surface area contributed by atoms with E-state index in [4.69, 9.17) is 24.4 Å². The molecule has 0 aliphatic rings. The summed E-state index contributed by atoms with van der Waals surface area (Å²) in [5, 5.41) is 5.30. The van der Waals surface area contributed by atoms with Gasteiger partial charge in [0.05, 0.1) is 15.8 Å². The first kappa shape index (κ1) is 32.2. The Morgan fingerprint density at radius 3 is 1.77 bits per heavy atom. The zero-order valence-corrected chi connectivity index (χ0v) is 30.7. The number of fused-ring (bicyclic) bond motifs is 5. The second-order valence-corrected chi connectivity index (χ2v) is 14.8. The van der Waals surface area contributed by atoms with E-state index >= 15 is 0 Å². The molecule has 56 heavy (non-hydrogen) atoms. The lowest BCUT2D eigenvalue weighted by molar-refractivity contribution is 0.670. The van der Waals surface area contributed by atoms with Crippen LogP contribution < -0.4 is 0 Å². The van der Waals surface area contributed by atoms with Crippen LogP contribution in [0.2, 0.25) is 0 Å². The minimum Gasteiger partial charge on any atom is -0.455 e. The third-order valence-corrected chi connectivity index (χ3v) is 11.5. The van der Waals surface area contributed by atoms with Crippen molar-refractivity contribution >= 4 is 54.3 Å². The van der Waals surface area contributed by atoms with E-state index in [1.54, 1.807) is 11.3 Å². The molecular formula is C50H30N4OS. The van der Waals surface area contributed by atoms with Crippen LogP contribution >= 0.6 is 11.3 Å². The van der Waals surface area contributed by atoms with Crippen molar-refractivity contribution in [2.75, 3.05) is 0 Å². The molecule has 0 amide bonds. The van der Waals surface area contributed by atoms with E-state index in [-0.39, 0.29) is 0 Å². The van der Waals surface area contributed by atoms with Crippen LogP contribution in [0, 0.1) is 0 Å². The van der Waals surface area contributed by atoms with Gasteiger partial charge in [0.2, 0.25) is 0 Å². The van der Waals surface area contributed by atoms with E-state index in [0.717, 1.165) is 81.3 Å². The van der Waals surface area contributed by atoms with Gasteiger partial charge in [0.25, 0.3) is 0 Å². The molecule has 0 fully saturated rings. The fraction of sp³-hybridized carbons (Fsp3) is 0. The van der Waals surface area contributed by atoms with E-state index in [2.05, 4.69) is 133 Å². The maximum absolute atomic E-state index is 6.73. The van der Waals surface area contributed by atoms with Gasteiger partial charge < -0.3 is 4.42 Å². The number of thiazole rings is 1. The molecule has 11 rings (SSSR count). The summed E-state index contributed by atoms with van der Waals surface area (Å²) in [6.45, 7) is 0. The molecule has 6 heteroatoms. The summed E-state index contributed by atoms with van der Waals surface area (Å²) in [6, 6.07) is 62.8. The van der Waals surface area contributed by atoms with Crippen LogP contribution in [0.3, 0.4) is 0 Å². The topological polar surface area (TPSA) is 64.7 Å². The van der Waals surface area contributed by atoms with Crippen LogP contribution in [0.15, 0.2) is 186 Å². The molecular weight excluding hydrogens is 705 g/mol. The Morgan fingerprint density at radius 2 is 1.00 bits per heavy atom. The predicted octanol–water partition coefficient (Wildman–Crippen LogP) is 13.5. The second-order valence-electron chi connectivity index (χ2n) is 13.8. The first-order valence-electron chi connectivity index (χ1n) is 18.5. The molecule has 0 saturated carbocycles. The normalized spacial score (nSPS) is 11.6. The Hall–Kier alpha value is -7.28. The smallest absolute Gasteiger partial charge is 0.167 e. The van der Waals surface area contributed by atoms with Gasteiger partial charge in [-0.3, -0.25) is 0 Å². The van der Waals surface area contributed by atoms with Gasteiger partial charge in [0.15, 0.2) is 17.5 Å². The molecule has 262 valence electrons. The van der Waals surface area contributed by atoms with E-state index in [9.17, 15) is 0 Å². The molecule has 0 N–H and O–H groups in total. The maximum atomic E-state index is 6.73. The number of benzene rings is 8. The summed E-state index contributed by atoms with van der Waals surface area (Å²) in [5.74, 6) is 1.74. The van der Waals surface area contributed by atoms with E-state index < -0.39 is 0 Å². The lowest BCUT2D eigenvalue weighted by atomic mass is 9.93. The SMILES string of the molecule is c1ccc(-c2ccc(-c3nc4cc5oc6c(-c7nc(-c8ccccc8)nc(-c8ccc9ccccc9c8-c8ccccc8)n7)cccc6c5cc4s3)cc2)cc1. The van der Waals surface area contributed by atoms with Crippen molar-refractivity contribution in [3.63, 3.8) is 0 Å². The number of nitrogens with zero attached hydrogens (tertiary/aromatic N) is 4. The van der Waals surface area contributed by atoms with Crippen molar-refractivity contribution in [3.8, 4) is 67.0 Å². The second kappa shape index (κ2) is 13.2. The Labute approximate surface area is 326 Å². The highest BCUT2D eigenvalue weighted by Crippen LogP contribution is 2.42. The van der Waals surface area contributed by atoms with Crippen molar-refractivity contribution in [1.82, 2.24) is 19.9 Å². The van der Waals surface area contributed by atoms with Crippen molar-refractivity contribution in [2.45, 2.75) is 0 Å². The summed E-state index contributed by atoms with van der Waals surface area (Å²) in [6.07, 6.45) is 0. The van der Waals surface area contributed by atoms with Gasteiger partial charge in [0.1, 0.15) is 16.2 Å². The molecule has 3 aromatic heterocycles. The zero-order chi connectivity index (χ0) is 37.0. The molecule has 0 saturated heterocycles.